The minimum atomic E-state index is -1.11. The van der Waals surface area contributed by atoms with Crippen LogP contribution in [0.4, 0.5) is 4.39 Å². The van der Waals surface area contributed by atoms with Gasteiger partial charge in [0.05, 0.1) is 6.42 Å². The van der Waals surface area contributed by atoms with Crippen LogP contribution < -0.4 is 4.74 Å². The Morgan fingerprint density at radius 1 is 1.03 bits per heavy atom. The number of amides is 1. The SMILES string of the molecule is CC(C)c1ccc(C[C@]2(C)Cc3cc(CC(=O)N(CC(=O)O)Cc4cccc(F)c4)ccc3O2)cc1. The fraction of sp³-hybridized carbons (Fsp3) is 0.333. The Kier molecular flexibility index (Phi) is 7.43. The van der Waals surface area contributed by atoms with E-state index in [0.717, 1.165) is 29.7 Å². The molecular weight excluding hydrogens is 457 g/mol. The molecule has 0 saturated carbocycles. The first-order valence-electron chi connectivity index (χ1n) is 12.2. The van der Waals surface area contributed by atoms with Crippen molar-refractivity contribution in [2.75, 3.05) is 6.54 Å². The van der Waals surface area contributed by atoms with Gasteiger partial charge < -0.3 is 14.7 Å². The quantitative estimate of drug-likeness (QED) is 0.429. The van der Waals surface area contributed by atoms with E-state index >= 15 is 0 Å². The van der Waals surface area contributed by atoms with E-state index in [9.17, 15) is 19.1 Å². The first kappa shape index (κ1) is 25.4. The van der Waals surface area contributed by atoms with E-state index in [1.54, 1.807) is 12.1 Å². The van der Waals surface area contributed by atoms with Gasteiger partial charge >= 0.3 is 5.97 Å². The minimum absolute atomic E-state index is 0.0324. The summed E-state index contributed by atoms with van der Waals surface area (Å²) in [7, 11) is 0. The number of carboxylic acids is 1. The van der Waals surface area contributed by atoms with Gasteiger partial charge in [0.2, 0.25) is 5.91 Å². The number of fused-ring (bicyclic) bond motifs is 1. The second-order valence-electron chi connectivity index (χ2n) is 10.2. The molecule has 0 aliphatic carbocycles. The lowest BCUT2D eigenvalue weighted by atomic mass is 9.90. The van der Waals surface area contributed by atoms with Crippen molar-refractivity contribution in [2.24, 2.45) is 0 Å². The van der Waals surface area contributed by atoms with Crippen LogP contribution in [0.3, 0.4) is 0 Å². The Labute approximate surface area is 211 Å². The molecule has 5 nitrogen and oxygen atoms in total. The third kappa shape index (κ3) is 6.30. The van der Waals surface area contributed by atoms with Crippen LogP contribution in [0, 0.1) is 5.82 Å². The van der Waals surface area contributed by atoms with Crippen LogP contribution in [0.5, 0.6) is 5.75 Å². The van der Waals surface area contributed by atoms with Crippen molar-refractivity contribution in [1.29, 1.82) is 0 Å². The fourth-order valence-electron chi connectivity index (χ4n) is 4.77. The summed E-state index contributed by atoms with van der Waals surface area (Å²) in [5.74, 6) is -0.557. The monoisotopic (exact) mass is 489 g/mol. The highest BCUT2D eigenvalue weighted by Gasteiger charge is 2.35. The maximum absolute atomic E-state index is 13.6. The second-order valence-corrected chi connectivity index (χ2v) is 10.2. The number of ether oxygens (including phenoxy) is 1. The number of hydrogen-bond donors (Lipinski definition) is 1. The number of carbonyl (C=O) groups excluding carboxylic acids is 1. The molecule has 1 heterocycles. The number of nitrogens with zero attached hydrogens (tertiary/aromatic N) is 1. The molecular formula is C30H32FNO4. The highest BCUT2D eigenvalue weighted by molar-refractivity contribution is 5.83. The fourth-order valence-corrected chi connectivity index (χ4v) is 4.77. The number of carbonyl (C=O) groups is 2. The van der Waals surface area contributed by atoms with Crippen LogP contribution in [0.15, 0.2) is 66.7 Å². The molecule has 3 aromatic rings. The molecule has 1 amide bonds. The summed E-state index contributed by atoms with van der Waals surface area (Å²) in [5.41, 5.74) is 4.52. The normalized spacial score (nSPS) is 16.5. The Morgan fingerprint density at radius 2 is 1.75 bits per heavy atom. The number of rotatable bonds is 9. The van der Waals surface area contributed by atoms with Crippen molar-refractivity contribution in [1.82, 2.24) is 4.90 Å². The number of hydrogen-bond acceptors (Lipinski definition) is 3. The van der Waals surface area contributed by atoms with E-state index in [-0.39, 0.29) is 24.5 Å². The molecule has 188 valence electrons. The predicted octanol–water partition coefficient (Wildman–Crippen LogP) is 5.54. The van der Waals surface area contributed by atoms with Crippen molar-refractivity contribution in [2.45, 2.75) is 58.1 Å². The zero-order chi connectivity index (χ0) is 25.9. The van der Waals surface area contributed by atoms with E-state index in [4.69, 9.17) is 4.74 Å². The number of halogens is 1. The third-order valence-electron chi connectivity index (χ3n) is 6.57. The van der Waals surface area contributed by atoms with Gasteiger partial charge in [-0.2, -0.15) is 0 Å². The zero-order valence-corrected chi connectivity index (χ0v) is 21.0. The van der Waals surface area contributed by atoms with Gasteiger partial charge in [-0.25, -0.2) is 4.39 Å². The van der Waals surface area contributed by atoms with Gasteiger partial charge in [-0.3, -0.25) is 9.59 Å². The van der Waals surface area contributed by atoms with Crippen molar-refractivity contribution in [3.63, 3.8) is 0 Å². The highest BCUT2D eigenvalue weighted by atomic mass is 19.1. The van der Waals surface area contributed by atoms with Gasteiger partial charge in [-0.15, -0.1) is 0 Å². The predicted molar refractivity (Wildman–Crippen MR) is 137 cm³/mol. The summed E-state index contributed by atoms with van der Waals surface area (Å²) in [6, 6.07) is 20.2. The molecule has 3 aromatic carbocycles. The van der Waals surface area contributed by atoms with Crippen LogP contribution in [-0.4, -0.2) is 34.0 Å². The first-order valence-corrected chi connectivity index (χ1v) is 12.2. The van der Waals surface area contributed by atoms with Crippen molar-refractivity contribution in [3.05, 3.63) is 100 Å². The van der Waals surface area contributed by atoms with Gasteiger partial charge in [0, 0.05) is 19.4 Å². The van der Waals surface area contributed by atoms with Gasteiger partial charge in [-0.1, -0.05) is 62.4 Å². The maximum Gasteiger partial charge on any atom is 0.323 e. The van der Waals surface area contributed by atoms with E-state index in [2.05, 4.69) is 45.0 Å². The van der Waals surface area contributed by atoms with Gasteiger partial charge in [0.15, 0.2) is 0 Å². The van der Waals surface area contributed by atoms with Crippen molar-refractivity contribution in [3.8, 4) is 5.75 Å². The lowest BCUT2D eigenvalue weighted by Gasteiger charge is -2.24. The molecule has 36 heavy (non-hydrogen) atoms. The molecule has 6 heteroatoms. The Balaban J connectivity index is 1.44. The zero-order valence-electron chi connectivity index (χ0n) is 21.0. The van der Waals surface area contributed by atoms with Crippen LogP contribution >= 0.6 is 0 Å². The number of carboxylic acid groups (broad SMARTS) is 1. The maximum atomic E-state index is 13.6. The molecule has 0 aromatic heterocycles. The molecule has 4 rings (SSSR count). The molecule has 1 N–H and O–H groups in total. The Morgan fingerprint density at radius 3 is 2.42 bits per heavy atom. The van der Waals surface area contributed by atoms with E-state index in [1.807, 2.05) is 18.2 Å². The minimum Gasteiger partial charge on any atom is -0.487 e. The molecule has 0 saturated heterocycles. The molecule has 0 radical (unpaired) electrons. The molecule has 0 bridgehead atoms. The smallest absolute Gasteiger partial charge is 0.323 e. The Hall–Kier alpha value is -3.67. The summed E-state index contributed by atoms with van der Waals surface area (Å²) in [6.45, 7) is 6.04. The summed E-state index contributed by atoms with van der Waals surface area (Å²) >= 11 is 0. The van der Waals surface area contributed by atoms with E-state index in [0.29, 0.717) is 11.5 Å². The molecule has 0 fully saturated rings. The third-order valence-corrected chi connectivity index (χ3v) is 6.57. The van der Waals surface area contributed by atoms with Crippen molar-refractivity contribution < 1.29 is 23.8 Å². The second kappa shape index (κ2) is 10.5. The molecule has 0 unspecified atom stereocenters. The van der Waals surface area contributed by atoms with Crippen LogP contribution in [0.1, 0.15) is 54.5 Å². The number of aliphatic carboxylic acids is 1. The molecule has 1 aliphatic rings. The number of benzene rings is 3. The van der Waals surface area contributed by atoms with E-state index < -0.39 is 18.3 Å². The topological polar surface area (TPSA) is 66.8 Å². The average molecular weight is 490 g/mol. The summed E-state index contributed by atoms with van der Waals surface area (Å²) in [4.78, 5) is 25.6. The standard InChI is InChI=1S/C30H32FNO4/c1-20(2)24-10-7-21(8-11-24)16-30(3)17-25-13-22(9-12-27(25)36-30)15-28(33)32(19-29(34)35)18-23-5-4-6-26(31)14-23/h4-14,20H,15-19H2,1-3H3,(H,34,35)/t30-/m1/s1. The largest absolute Gasteiger partial charge is 0.487 e. The Bertz CT molecular complexity index is 1250. The van der Waals surface area contributed by atoms with Gasteiger partial charge in [0.25, 0.3) is 0 Å². The molecule has 0 spiro atoms. The molecule has 1 aliphatic heterocycles. The van der Waals surface area contributed by atoms with E-state index in [1.165, 1.54) is 28.2 Å². The lowest BCUT2D eigenvalue weighted by molar-refractivity contribution is -0.144. The summed E-state index contributed by atoms with van der Waals surface area (Å²) < 4.78 is 19.9. The average Bonchev–Trinajstić information content (AvgIpc) is 3.13. The summed E-state index contributed by atoms with van der Waals surface area (Å²) in [5, 5.41) is 9.29. The van der Waals surface area contributed by atoms with Crippen molar-refractivity contribution >= 4 is 11.9 Å². The lowest BCUT2D eigenvalue weighted by Crippen LogP contribution is -2.36. The first-order chi connectivity index (χ1) is 17.1. The van der Waals surface area contributed by atoms with Crippen LogP contribution in [0.25, 0.3) is 0 Å². The highest BCUT2D eigenvalue weighted by Crippen LogP contribution is 2.37. The van der Waals surface area contributed by atoms with Crippen LogP contribution in [-0.2, 0) is 35.4 Å². The molecule has 1 atom stereocenters. The van der Waals surface area contributed by atoms with Gasteiger partial charge in [0.1, 0.15) is 23.7 Å². The summed E-state index contributed by atoms with van der Waals surface area (Å²) in [6.07, 6.45) is 1.55. The van der Waals surface area contributed by atoms with Gasteiger partial charge in [-0.05, 0) is 58.9 Å². The van der Waals surface area contributed by atoms with Crippen LogP contribution in [0.2, 0.25) is 0 Å².